The molecule has 7 nitrogen and oxygen atoms in total. The number of piperidine rings is 1. The zero-order chi connectivity index (χ0) is 19.9. The number of ether oxygens (including phenoxy) is 2. The number of hydrogen-bond donors (Lipinski definition) is 1. The summed E-state index contributed by atoms with van der Waals surface area (Å²) in [5, 5.41) is 3.07. The minimum absolute atomic E-state index is 0.0459. The molecular formula is C20H28FN3O4. The Morgan fingerprint density at radius 3 is 2.96 bits per heavy atom. The van der Waals surface area contributed by atoms with E-state index in [-0.39, 0.29) is 24.5 Å². The molecule has 2 heterocycles. The summed E-state index contributed by atoms with van der Waals surface area (Å²) in [4.78, 5) is 28.8. The molecule has 0 bridgehead atoms. The molecule has 2 fully saturated rings. The zero-order valence-electron chi connectivity index (χ0n) is 16.3. The average Bonchev–Trinajstić information content (AvgIpc) is 2.72. The summed E-state index contributed by atoms with van der Waals surface area (Å²) < 4.78 is 24.3. The summed E-state index contributed by atoms with van der Waals surface area (Å²) in [6, 6.07) is 4.42. The van der Waals surface area contributed by atoms with Crippen LogP contribution in [0.25, 0.3) is 0 Å². The Bertz CT molecular complexity index is 700. The van der Waals surface area contributed by atoms with Crippen molar-refractivity contribution in [3.05, 3.63) is 35.1 Å². The fourth-order valence-electron chi connectivity index (χ4n) is 3.73. The van der Waals surface area contributed by atoms with Gasteiger partial charge in [-0.2, -0.15) is 0 Å². The maximum absolute atomic E-state index is 14.0. The summed E-state index contributed by atoms with van der Waals surface area (Å²) in [6.07, 6.45) is 1.75. The van der Waals surface area contributed by atoms with E-state index in [1.807, 2.05) is 4.90 Å². The van der Waals surface area contributed by atoms with E-state index in [4.69, 9.17) is 9.47 Å². The van der Waals surface area contributed by atoms with Gasteiger partial charge in [0.2, 0.25) is 5.91 Å². The molecule has 8 heteroatoms. The van der Waals surface area contributed by atoms with Gasteiger partial charge in [0, 0.05) is 50.5 Å². The molecular weight excluding hydrogens is 365 g/mol. The maximum Gasteiger partial charge on any atom is 0.253 e. The highest BCUT2D eigenvalue weighted by Gasteiger charge is 2.32. The number of methoxy groups -OCH3 is 1. The molecule has 1 aromatic rings. The van der Waals surface area contributed by atoms with Crippen LogP contribution < -0.4 is 5.32 Å². The molecule has 28 heavy (non-hydrogen) atoms. The second kappa shape index (κ2) is 9.95. The molecule has 2 saturated heterocycles. The van der Waals surface area contributed by atoms with Crippen molar-refractivity contribution >= 4 is 11.8 Å². The van der Waals surface area contributed by atoms with Crippen molar-refractivity contribution in [2.24, 2.45) is 0 Å². The number of benzene rings is 1. The van der Waals surface area contributed by atoms with Crippen molar-refractivity contribution in [3.8, 4) is 0 Å². The summed E-state index contributed by atoms with van der Waals surface area (Å²) >= 11 is 0. The Morgan fingerprint density at radius 2 is 2.18 bits per heavy atom. The Morgan fingerprint density at radius 1 is 1.32 bits per heavy atom. The molecule has 1 aromatic carbocycles. The molecule has 154 valence electrons. The second-order valence-electron chi connectivity index (χ2n) is 7.16. The SMILES string of the molecule is COCCOCc1cc(C(=O)N2CCCC(N3CCNCC3=O)C2)ccc1F. The number of nitrogens with zero attached hydrogens (tertiary/aromatic N) is 2. The number of carbonyl (C=O) groups is 2. The smallest absolute Gasteiger partial charge is 0.253 e. The number of rotatable bonds is 7. The standard InChI is InChI=1S/C20H28FN3O4/c1-27-9-10-28-14-16-11-15(4-5-18(16)21)20(26)23-7-2-3-17(13-23)24-8-6-22-12-19(24)25/h4-5,11,17,22H,2-3,6-10,12-14H2,1H3. The van der Waals surface area contributed by atoms with Crippen LogP contribution in [-0.2, 0) is 20.9 Å². The van der Waals surface area contributed by atoms with Crippen LogP contribution in [0.1, 0.15) is 28.8 Å². The molecule has 0 spiro atoms. The lowest BCUT2D eigenvalue weighted by atomic mass is 10.0. The number of piperazine rings is 1. The fraction of sp³-hybridized carbons (Fsp3) is 0.600. The highest BCUT2D eigenvalue weighted by Crippen LogP contribution is 2.20. The van der Waals surface area contributed by atoms with Crippen molar-refractivity contribution < 1.29 is 23.5 Å². The summed E-state index contributed by atoms with van der Waals surface area (Å²) in [7, 11) is 1.57. The van der Waals surface area contributed by atoms with Crippen molar-refractivity contribution in [2.75, 3.05) is 53.0 Å². The van der Waals surface area contributed by atoms with Gasteiger partial charge in [-0.25, -0.2) is 4.39 Å². The van der Waals surface area contributed by atoms with E-state index >= 15 is 0 Å². The third-order valence-corrected chi connectivity index (χ3v) is 5.23. The highest BCUT2D eigenvalue weighted by molar-refractivity contribution is 5.94. The number of likely N-dealkylation sites (tertiary alicyclic amines) is 1. The Balaban J connectivity index is 1.64. The fourth-order valence-corrected chi connectivity index (χ4v) is 3.73. The van der Waals surface area contributed by atoms with Crippen LogP contribution in [-0.4, -0.2) is 80.7 Å². The molecule has 2 aliphatic rings. The lowest BCUT2D eigenvalue weighted by molar-refractivity contribution is -0.135. The van der Waals surface area contributed by atoms with Crippen LogP contribution in [0.4, 0.5) is 4.39 Å². The number of carbonyl (C=O) groups excluding carboxylic acids is 2. The maximum atomic E-state index is 14.0. The highest BCUT2D eigenvalue weighted by atomic mass is 19.1. The molecule has 1 unspecified atom stereocenters. The third-order valence-electron chi connectivity index (χ3n) is 5.23. The quantitative estimate of drug-likeness (QED) is 0.701. The van der Waals surface area contributed by atoms with Gasteiger partial charge in [0.05, 0.1) is 26.4 Å². The van der Waals surface area contributed by atoms with Gasteiger partial charge < -0.3 is 24.6 Å². The Kier molecular flexibility index (Phi) is 7.36. The van der Waals surface area contributed by atoms with E-state index in [9.17, 15) is 14.0 Å². The molecule has 0 saturated carbocycles. The van der Waals surface area contributed by atoms with Gasteiger partial charge in [0.25, 0.3) is 5.91 Å². The van der Waals surface area contributed by atoms with Gasteiger partial charge in [0.1, 0.15) is 5.82 Å². The Labute approximate surface area is 164 Å². The van der Waals surface area contributed by atoms with Gasteiger partial charge in [-0.05, 0) is 31.0 Å². The van der Waals surface area contributed by atoms with E-state index in [1.165, 1.54) is 12.1 Å². The van der Waals surface area contributed by atoms with Crippen LogP contribution in [0.2, 0.25) is 0 Å². The number of hydrogen-bond acceptors (Lipinski definition) is 5. The predicted molar refractivity (Wildman–Crippen MR) is 101 cm³/mol. The minimum atomic E-state index is -0.392. The first kappa shape index (κ1) is 20.7. The molecule has 0 radical (unpaired) electrons. The topological polar surface area (TPSA) is 71.1 Å². The van der Waals surface area contributed by atoms with Crippen molar-refractivity contribution in [2.45, 2.75) is 25.5 Å². The van der Waals surface area contributed by atoms with Crippen LogP contribution >= 0.6 is 0 Å². The average molecular weight is 393 g/mol. The lowest BCUT2D eigenvalue weighted by Gasteiger charge is -2.41. The van der Waals surface area contributed by atoms with Crippen molar-refractivity contribution in [1.29, 1.82) is 0 Å². The molecule has 3 rings (SSSR count). The molecule has 1 N–H and O–H groups in total. The van der Waals surface area contributed by atoms with Gasteiger partial charge >= 0.3 is 0 Å². The van der Waals surface area contributed by atoms with Crippen LogP contribution in [0.15, 0.2) is 18.2 Å². The number of nitrogens with one attached hydrogen (secondary N) is 1. The normalized spacial score (nSPS) is 20.5. The van der Waals surface area contributed by atoms with Crippen molar-refractivity contribution in [3.63, 3.8) is 0 Å². The second-order valence-corrected chi connectivity index (χ2v) is 7.16. The lowest BCUT2D eigenvalue weighted by Crippen LogP contribution is -2.57. The van der Waals surface area contributed by atoms with E-state index in [2.05, 4.69) is 5.32 Å². The van der Waals surface area contributed by atoms with E-state index < -0.39 is 5.82 Å². The molecule has 2 amide bonds. The van der Waals surface area contributed by atoms with Gasteiger partial charge in [-0.1, -0.05) is 0 Å². The minimum Gasteiger partial charge on any atom is -0.382 e. The largest absolute Gasteiger partial charge is 0.382 e. The molecule has 2 aliphatic heterocycles. The van der Waals surface area contributed by atoms with Gasteiger partial charge in [-0.3, -0.25) is 9.59 Å². The summed E-state index contributed by atoms with van der Waals surface area (Å²) in [5.74, 6) is -0.440. The van der Waals surface area contributed by atoms with Crippen molar-refractivity contribution in [1.82, 2.24) is 15.1 Å². The van der Waals surface area contributed by atoms with Crippen LogP contribution in [0.5, 0.6) is 0 Å². The summed E-state index contributed by atoms with van der Waals surface area (Å²) in [5.41, 5.74) is 0.798. The first-order chi connectivity index (χ1) is 13.6. The molecule has 0 aromatic heterocycles. The first-order valence-electron chi connectivity index (χ1n) is 9.74. The third kappa shape index (κ3) is 5.06. The monoisotopic (exact) mass is 393 g/mol. The summed E-state index contributed by atoms with van der Waals surface area (Å²) in [6.45, 7) is 3.85. The molecule has 0 aliphatic carbocycles. The van der Waals surface area contributed by atoms with Crippen LogP contribution in [0, 0.1) is 5.82 Å². The van der Waals surface area contributed by atoms with E-state index in [0.29, 0.717) is 50.5 Å². The van der Waals surface area contributed by atoms with E-state index in [1.54, 1.807) is 18.1 Å². The van der Waals surface area contributed by atoms with Gasteiger partial charge in [0.15, 0.2) is 0 Å². The number of amides is 2. The van der Waals surface area contributed by atoms with Crippen LogP contribution in [0.3, 0.4) is 0 Å². The predicted octanol–water partition coefficient (Wildman–Crippen LogP) is 1.03. The Hall–Kier alpha value is -2.03. The number of halogens is 1. The van der Waals surface area contributed by atoms with E-state index in [0.717, 1.165) is 19.4 Å². The molecule has 1 atom stereocenters. The first-order valence-corrected chi connectivity index (χ1v) is 9.74. The van der Waals surface area contributed by atoms with Gasteiger partial charge in [-0.15, -0.1) is 0 Å². The zero-order valence-corrected chi connectivity index (χ0v) is 16.3.